The number of amides is 5. The van der Waals surface area contributed by atoms with Crippen LogP contribution < -0.4 is 21.3 Å². The molecule has 1 aliphatic rings. The zero-order chi connectivity index (χ0) is 37.2. The molecule has 2 aromatic carbocycles. The molecule has 5 amide bonds. The van der Waals surface area contributed by atoms with Gasteiger partial charge in [0, 0.05) is 12.5 Å². The molecule has 0 aromatic heterocycles. The van der Waals surface area contributed by atoms with E-state index in [1.54, 1.807) is 20.8 Å². The number of hydrogen-bond donors (Lipinski definition) is 4. The van der Waals surface area contributed by atoms with E-state index >= 15 is 0 Å². The zero-order valence-electron chi connectivity index (χ0n) is 30.1. The van der Waals surface area contributed by atoms with E-state index < -0.39 is 71.5 Å². The van der Waals surface area contributed by atoms with Gasteiger partial charge in [-0.25, -0.2) is 4.79 Å². The van der Waals surface area contributed by atoms with Crippen molar-refractivity contribution in [2.45, 2.75) is 97.1 Å². The Morgan fingerprint density at radius 1 is 0.780 bits per heavy atom. The Labute approximate surface area is 294 Å². The van der Waals surface area contributed by atoms with Crippen molar-refractivity contribution in [3.05, 3.63) is 71.8 Å². The van der Waals surface area contributed by atoms with Crippen molar-refractivity contribution in [2.24, 2.45) is 11.8 Å². The lowest BCUT2D eigenvalue weighted by Gasteiger charge is -2.50. The van der Waals surface area contributed by atoms with Gasteiger partial charge in [-0.3, -0.25) is 24.0 Å². The maximum absolute atomic E-state index is 14.1. The predicted molar refractivity (Wildman–Crippen MR) is 186 cm³/mol. The van der Waals surface area contributed by atoms with Crippen molar-refractivity contribution >= 4 is 35.7 Å². The molecule has 0 aliphatic carbocycles. The van der Waals surface area contributed by atoms with Gasteiger partial charge in [-0.2, -0.15) is 0 Å². The van der Waals surface area contributed by atoms with Crippen LogP contribution in [0.25, 0.3) is 0 Å². The van der Waals surface area contributed by atoms with E-state index in [0.29, 0.717) is 6.42 Å². The van der Waals surface area contributed by atoms with E-state index in [0.717, 1.165) is 11.1 Å². The minimum Gasteiger partial charge on any atom is -0.468 e. The third-order valence-corrected chi connectivity index (χ3v) is 8.19. The van der Waals surface area contributed by atoms with Gasteiger partial charge in [0.2, 0.25) is 23.6 Å². The Hall–Kier alpha value is -4.94. The summed E-state index contributed by atoms with van der Waals surface area (Å²) >= 11 is 0. The molecule has 0 spiro atoms. The molecule has 272 valence electrons. The van der Waals surface area contributed by atoms with E-state index in [4.69, 9.17) is 9.47 Å². The molecule has 1 fully saturated rings. The molecule has 6 atom stereocenters. The highest BCUT2D eigenvalue weighted by atomic mass is 16.6. The first-order chi connectivity index (χ1) is 23.5. The lowest BCUT2D eigenvalue weighted by atomic mass is 9.75. The maximum atomic E-state index is 14.1. The third-order valence-electron chi connectivity index (χ3n) is 8.19. The fraction of sp³-hybridized carbons (Fsp3) is 0.514. The normalized spacial score (nSPS) is 18.1. The first kappa shape index (κ1) is 39.5. The fourth-order valence-electron chi connectivity index (χ4n) is 5.78. The molecular formula is C37H51N5O8. The van der Waals surface area contributed by atoms with Crippen molar-refractivity contribution in [1.29, 1.82) is 0 Å². The van der Waals surface area contributed by atoms with Gasteiger partial charge in [-0.05, 0) is 58.1 Å². The number of hydrogen-bond acceptors (Lipinski definition) is 8. The lowest BCUT2D eigenvalue weighted by molar-refractivity contribution is -0.167. The third kappa shape index (κ3) is 11.3. The Kier molecular flexibility index (Phi) is 13.9. The van der Waals surface area contributed by atoms with Crippen molar-refractivity contribution in [3.8, 4) is 0 Å². The maximum Gasteiger partial charge on any atom is 0.408 e. The molecule has 1 heterocycles. The van der Waals surface area contributed by atoms with Crippen LogP contribution in [0.4, 0.5) is 4.79 Å². The minimum atomic E-state index is -1.06. The Balaban J connectivity index is 1.81. The Morgan fingerprint density at radius 3 is 1.90 bits per heavy atom. The number of esters is 1. The van der Waals surface area contributed by atoms with Crippen LogP contribution in [0.1, 0.15) is 72.1 Å². The van der Waals surface area contributed by atoms with Crippen LogP contribution >= 0.6 is 0 Å². The minimum absolute atomic E-state index is 0.0906. The van der Waals surface area contributed by atoms with Crippen LogP contribution in [0.2, 0.25) is 0 Å². The van der Waals surface area contributed by atoms with E-state index in [9.17, 15) is 28.8 Å². The molecule has 1 saturated heterocycles. The van der Waals surface area contributed by atoms with Gasteiger partial charge in [0.25, 0.3) is 0 Å². The monoisotopic (exact) mass is 693 g/mol. The van der Waals surface area contributed by atoms with E-state index in [2.05, 4.69) is 21.3 Å². The van der Waals surface area contributed by atoms with Crippen molar-refractivity contribution in [2.75, 3.05) is 13.7 Å². The van der Waals surface area contributed by atoms with Crippen LogP contribution in [0.5, 0.6) is 0 Å². The number of methoxy groups -OCH3 is 1. The first-order valence-corrected chi connectivity index (χ1v) is 16.9. The summed E-state index contributed by atoms with van der Waals surface area (Å²) in [6, 6.07) is 14.2. The van der Waals surface area contributed by atoms with E-state index in [1.807, 2.05) is 74.5 Å². The van der Waals surface area contributed by atoms with Gasteiger partial charge in [0.05, 0.1) is 19.1 Å². The molecule has 3 rings (SSSR count). The van der Waals surface area contributed by atoms with Crippen LogP contribution in [0.15, 0.2) is 60.7 Å². The Bertz CT molecular complexity index is 1490. The molecule has 0 radical (unpaired) electrons. The van der Waals surface area contributed by atoms with Gasteiger partial charge < -0.3 is 35.6 Å². The number of carbonyl (C=O) groups is 6. The molecule has 4 N–H and O–H groups in total. The number of nitrogens with zero attached hydrogens (tertiary/aromatic N) is 1. The molecule has 2 aromatic rings. The summed E-state index contributed by atoms with van der Waals surface area (Å²) in [7, 11) is 1.26. The molecule has 13 nitrogen and oxygen atoms in total. The van der Waals surface area contributed by atoms with Gasteiger partial charge >= 0.3 is 12.1 Å². The van der Waals surface area contributed by atoms with E-state index in [-0.39, 0.29) is 24.8 Å². The van der Waals surface area contributed by atoms with Crippen molar-refractivity contribution in [3.63, 3.8) is 0 Å². The fourth-order valence-corrected chi connectivity index (χ4v) is 5.78. The number of rotatable bonds is 15. The summed E-state index contributed by atoms with van der Waals surface area (Å²) in [5.41, 5.74) is 0.844. The predicted octanol–water partition coefficient (Wildman–Crippen LogP) is 3.04. The van der Waals surface area contributed by atoms with Gasteiger partial charge in [0.1, 0.15) is 30.3 Å². The zero-order valence-corrected chi connectivity index (χ0v) is 30.1. The highest BCUT2D eigenvalue weighted by molar-refractivity contribution is 5.95. The van der Waals surface area contributed by atoms with Gasteiger partial charge in [0.15, 0.2) is 0 Å². The van der Waals surface area contributed by atoms with Gasteiger partial charge in [-0.15, -0.1) is 0 Å². The van der Waals surface area contributed by atoms with Crippen LogP contribution in [0.3, 0.4) is 0 Å². The van der Waals surface area contributed by atoms with Crippen molar-refractivity contribution in [1.82, 2.24) is 26.2 Å². The quantitative estimate of drug-likeness (QED) is 0.163. The smallest absolute Gasteiger partial charge is 0.408 e. The molecule has 0 unspecified atom stereocenters. The number of β-lactam (4-membered cyclic amide) rings is 1. The molecule has 1 aliphatic heterocycles. The second kappa shape index (κ2) is 17.6. The standard InChI is InChI=1S/C37H51N5O8/c1-22(2)19-27(30-31(26-17-13-10-14-18-26)42(35(30)47)21-29(43)49-8)40-34(46)28(20-25-15-11-9-12-16-25)41-33(45)23(3)38-32(44)24(4)39-36(48)50-37(5,6)7/h9-18,22-24,27-28,30-31H,19-21H2,1-8H3,(H,38,44)(H,39,48)(H,40,46)(H,41,45)/t23-,24-,27-,28+,30-,31-/m0/s1. The lowest BCUT2D eigenvalue weighted by Crippen LogP contribution is -2.65. The highest BCUT2D eigenvalue weighted by Gasteiger charge is 2.53. The molecular weight excluding hydrogens is 642 g/mol. The molecule has 0 saturated carbocycles. The van der Waals surface area contributed by atoms with E-state index in [1.165, 1.54) is 25.9 Å². The number of benzene rings is 2. The first-order valence-electron chi connectivity index (χ1n) is 16.9. The summed E-state index contributed by atoms with van der Waals surface area (Å²) in [5, 5.41) is 10.9. The Morgan fingerprint density at radius 2 is 1.34 bits per heavy atom. The van der Waals surface area contributed by atoms with Crippen LogP contribution in [0, 0.1) is 11.8 Å². The van der Waals surface area contributed by atoms with Crippen LogP contribution in [-0.4, -0.2) is 84.0 Å². The number of ether oxygens (including phenoxy) is 2. The summed E-state index contributed by atoms with van der Waals surface area (Å²) in [6.07, 6.45) is -0.182. The number of likely N-dealkylation sites (tertiary alicyclic amines) is 1. The average molecular weight is 694 g/mol. The summed E-state index contributed by atoms with van der Waals surface area (Å²) < 4.78 is 10.0. The largest absolute Gasteiger partial charge is 0.468 e. The summed E-state index contributed by atoms with van der Waals surface area (Å²) in [4.78, 5) is 79.8. The topological polar surface area (TPSA) is 172 Å². The second-order valence-corrected chi connectivity index (χ2v) is 14.0. The summed E-state index contributed by atoms with van der Waals surface area (Å²) in [6.45, 7) is 11.8. The number of carbonyl (C=O) groups excluding carboxylic acids is 6. The van der Waals surface area contributed by atoms with Crippen LogP contribution in [-0.2, 0) is 39.9 Å². The number of alkyl carbamates (subject to hydrolysis) is 1. The summed E-state index contributed by atoms with van der Waals surface area (Å²) in [5.74, 6) is -3.16. The molecule has 13 heteroatoms. The average Bonchev–Trinajstić information content (AvgIpc) is 3.04. The molecule has 50 heavy (non-hydrogen) atoms. The SMILES string of the molecule is COC(=O)CN1C(=O)[C@@H]([C@H](CC(C)C)NC(=O)[C@@H](Cc2ccccc2)NC(=O)[C@H](C)NC(=O)[C@H](C)NC(=O)OC(C)(C)C)[C@@H]1c1ccccc1. The van der Waals surface area contributed by atoms with Gasteiger partial charge in [-0.1, -0.05) is 74.5 Å². The second-order valence-electron chi connectivity index (χ2n) is 14.0. The van der Waals surface area contributed by atoms with Crippen molar-refractivity contribution < 1.29 is 38.2 Å². The number of nitrogens with one attached hydrogen (secondary N) is 4. The highest BCUT2D eigenvalue weighted by Crippen LogP contribution is 2.43. The molecule has 0 bridgehead atoms.